The molecule has 0 aromatic carbocycles. The molecule has 2 rings (SSSR count). The summed E-state index contributed by atoms with van der Waals surface area (Å²) in [6, 6.07) is 0. The molecule has 0 unspecified atom stereocenters. The highest BCUT2D eigenvalue weighted by molar-refractivity contribution is 5.79. The fraction of sp³-hybridized carbons (Fsp3) is 0.500. The number of dihydropyridines is 1. The SMILES string of the molecule is O=C1CCN(C2=CCNC=C2)CC1. The summed E-state index contributed by atoms with van der Waals surface area (Å²) in [4.78, 5) is 13.3. The van der Waals surface area contributed by atoms with Crippen molar-refractivity contribution in [3.63, 3.8) is 0 Å². The Balaban J connectivity index is 1.97. The number of carbonyl (C=O) groups excluding carboxylic acids is 1. The summed E-state index contributed by atoms with van der Waals surface area (Å²) in [7, 11) is 0. The summed E-state index contributed by atoms with van der Waals surface area (Å²) in [6.07, 6.45) is 7.61. The summed E-state index contributed by atoms with van der Waals surface area (Å²) in [5, 5.41) is 3.11. The minimum atomic E-state index is 0.398. The normalized spacial score (nSPS) is 22.6. The van der Waals surface area contributed by atoms with E-state index < -0.39 is 0 Å². The number of Topliss-reactive ketones (excluding diaryl/α,β-unsaturated/α-hetero) is 1. The first-order chi connectivity index (χ1) is 6.36. The topological polar surface area (TPSA) is 32.3 Å². The highest BCUT2D eigenvalue weighted by atomic mass is 16.1. The lowest BCUT2D eigenvalue weighted by Crippen LogP contribution is -2.33. The van der Waals surface area contributed by atoms with E-state index in [1.54, 1.807) is 0 Å². The van der Waals surface area contributed by atoms with Gasteiger partial charge < -0.3 is 10.2 Å². The fourth-order valence-corrected chi connectivity index (χ4v) is 1.69. The van der Waals surface area contributed by atoms with Crippen LogP contribution in [0.15, 0.2) is 24.0 Å². The summed E-state index contributed by atoms with van der Waals surface area (Å²) in [5.74, 6) is 0.398. The average Bonchev–Trinajstić information content (AvgIpc) is 2.20. The van der Waals surface area contributed by atoms with Gasteiger partial charge in [0.1, 0.15) is 5.78 Å². The molecule has 0 radical (unpaired) electrons. The van der Waals surface area contributed by atoms with E-state index in [0.717, 1.165) is 19.6 Å². The minimum Gasteiger partial charge on any atom is -0.387 e. The molecule has 2 heterocycles. The van der Waals surface area contributed by atoms with Crippen molar-refractivity contribution in [2.75, 3.05) is 19.6 Å². The van der Waals surface area contributed by atoms with Gasteiger partial charge in [-0.3, -0.25) is 4.79 Å². The molecule has 3 heteroatoms. The Morgan fingerprint density at radius 3 is 2.69 bits per heavy atom. The molecule has 0 atom stereocenters. The zero-order valence-corrected chi connectivity index (χ0v) is 7.62. The van der Waals surface area contributed by atoms with Crippen LogP contribution in [0.4, 0.5) is 0 Å². The molecule has 70 valence electrons. The second-order valence-corrected chi connectivity index (χ2v) is 3.40. The first kappa shape index (κ1) is 8.35. The summed E-state index contributed by atoms with van der Waals surface area (Å²) in [5.41, 5.74) is 1.26. The van der Waals surface area contributed by atoms with Crippen LogP contribution in [0.3, 0.4) is 0 Å². The van der Waals surface area contributed by atoms with E-state index in [-0.39, 0.29) is 0 Å². The van der Waals surface area contributed by atoms with Gasteiger partial charge in [-0.25, -0.2) is 0 Å². The third kappa shape index (κ3) is 1.91. The molecule has 0 aliphatic carbocycles. The van der Waals surface area contributed by atoms with E-state index in [9.17, 15) is 4.79 Å². The van der Waals surface area contributed by atoms with E-state index in [4.69, 9.17) is 0 Å². The molecule has 13 heavy (non-hydrogen) atoms. The Morgan fingerprint density at radius 2 is 2.08 bits per heavy atom. The van der Waals surface area contributed by atoms with Crippen molar-refractivity contribution < 1.29 is 4.79 Å². The molecule has 0 aromatic heterocycles. The number of carbonyl (C=O) groups is 1. The highest BCUT2D eigenvalue weighted by Crippen LogP contribution is 2.14. The van der Waals surface area contributed by atoms with Gasteiger partial charge in [0, 0.05) is 38.2 Å². The lowest BCUT2D eigenvalue weighted by molar-refractivity contribution is -0.121. The second-order valence-electron chi connectivity index (χ2n) is 3.40. The van der Waals surface area contributed by atoms with Crippen LogP contribution in [0.1, 0.15) is 12.8 Å². The number of likely N-dealkylation sites (tertiary alicyclic amines) is 1. The van der Waals surface area contributed by atoms with Crippen molar-refractivity contribution in [1.29, 1.82) is 0 Å². The van der Waals surface area contributed by atoms with Crippen LogP contribution in [0.25, 0.3) is 0 Å². The average molecular weight is 178 g/mol. The number of hydrogen-bond acceptors (Lipinski definition) is 3. The Hall–Kier alpha value is -1.25. The number of nitrogens with one attached hydrogen (secondary N) is 1. The zero-order chi connectivity index (χ0) is 9.10. The van der Waals surface area contributed by atoms with Gasteiger partial charge in [-0.1, -0.05) is 0 Å². The zero-order valence-electron chi connectivity index (χ0n) is 7.62. The molecule has 0 saturated carbocycles. The number of piperidine rings is 1. The Labute approximate surface area is 78.1 Å². The molecule has 0 aromatic rings. The van der Waals surface area contributed by atoms with Crippen molar-refractivity contribution in [2.45, 2.75) is 12.8 Å². The van der Waals surface area contributed by atoms with Crippen molar-refractivity contribution in [3.8, 4) is 0 Å². The summed E-state index contributed by atoms with van der Waals surface area (Å²) < 4.78 is 0. The van der Waals surface area contributed by atoms with E-state index in [1.807, 2.05) is 6.20 Å². The maximum absolute atomic E-state index is 11.0. The van der Waals surface area contributed by atoms with Crippen LogP contribution in [0, 0.1) is 0 Å². The predicted molar refractivity (Wildman–Crippen MR) is 51.0 cm³/mol. The largest absolute Gasteiger partial charge is 0.387 e. The molecule has 1 fully saturated rings. The number of ketones is 1. The first-order valence-corrected chi connectivity index (χ1v) is 4.73. The van der Waals surface area contributed by atoms with Crippen molar-refractivity contribution in [3.05, 3.63) is 24.0 Å². The Bertz CT molecular complexity index is 258. The third-order valence-electron chi connectivity index (χ3n) is 2.49. The van der Waals surface area contributed by atoms with E-state index in [0.29, 0.717) is 18.6 Å². The Morgan fingerprint density at radius 1 is 1.31 bits per heavy atom. The predicted octanol–water partition coefficient (Wildman–Crippen LogP) is 0.652. The summed E-state index contributed by atoms with van der Waals surface area (Å²) >= 11 is 0. The third-order valence-corrected chi connectivity index (χ3v) is 2.49. The van der Waals surface area contributed by atoms with Gasteiger partial charge in [-0.05, 0) is 18.4 Å². The molecule has 2 aliphatic heterocycles. The van der Waals surface area contributed by atoms with Crippen LogP contribution in [0.5, 0.6) is 0 Å². The van der Waals surface area contributed by atoms with E-state index in [1.165, 1.54) is 5.70 Å². The van der Waals surface area contributed by atoms with Gasteiger partial charge in [0.15, 0.2) is 0 Å². The van der Waals surface area contributed by atoms with Crippen LogP contribution in [0.2, 0.25) is 0 Å². The first-order valence-electron chi connectivity index (χ1n) is 4.73. The van der Waals surface area contributed by atoms with Crippen molar-refractivity contribution >= 4 is 5.78 Å². The molecule has 0 amide bonds. The van der Waals surface area contributed by atoms with Crippen molar-refractivity contribution in [1.82, 2.24) is 10.2 Å². The summed E-state index contributed by atoms with van der Waals surface area (Å²) in [6.45, 7) is 2.67. The number of nitrogens with zero attached hydrogens (tertiary/aromatic N) is 1. The number of allylic oxidation sites excluding steroid dienone is 1. The van der Waals surface area contributed by atoms with Crippen LogP contribution >= 0.6 is 0 Å². The molecule has 3 nitrogen and oxygen atoms in total. The molecular formula is C10H14N2O. The minimum absolute atomic E-state index is 0.398. The molecular weight excluding hydrogens is 164 g/mol. The lowest BCUT2D eigenvalue weighted by Gasteiger charge is -2.30. The van der Waals surface area contributed by atoms with Gasteiger partial charge in [0.2, 0.25) is 0 Å². The van der Waals surface area contributed by atoms with E-state index >= 15 is 0 Å². The maximum atomic E-state index is 11.0. The van der Waals surface area contributed by atoms with Gasteiger partial charge in [-0.15, -0.1) is 0 Å². The molecule has 1 N–H and O–H groups in total. The van der Waals surface area contributed by atoms with Gasteiger partial charge in [-0.2, -0.15) is 0 Å². The van der Waals surface area contributed by atoms with Crippen LogP contribution in [-0.4, -0.2) is 30.3 Å². The monoisotopic (exact) mass is 178 g/mol. The number of hydrogen-bond donors (Lipinski definition) is 1. The molecule has 2 aliphatic rings. The van der Waals surface area contributed by atoms with Gasteiger partial charge >= 0.3 is 0 Å². The molecule has 1 saturated heterocycles. The fourth-order valence-electron chi connectivity index (χ4n) is 1.69. The van der Waals surface area contributed by atoms with Crippen LogP contribution < -0.4 is 5.32 Å². The highest BCUT2D eigenvalue weighted by Gasteiger charge is 2.17. The quantitative estimate of drug-likeness (QED) is 0.640. The Kier molecular flexibility index (Phi) is 2.34. The van der Waals surface area contributed by atoms with Gasteiger partial charge in [0.05, 0.1) is 0 Å². The maximum Gasteiger partial charge on any atom is 0.136 e. The smallest absolute Gasteiger partial charge is 0.136 e. The lowest BCUT2D eigenvalue weighted by atomic mass is 10.1. The number of rotatable bonds is 1. The second kappa shape index (κ2) is 3.64. The van der Waals surface area contributed by atoms with Crippen molar-refractivity contribution in [2.24, 2.45) is 0 Å². The molecule has 0 spiro atoms. The van der Waals surface area contributed by atoms with Crippen LogP contribution in [-0.2, 0) is 4.79 Å². The standard InChI is InChI=1S/C10H14N2O/c13-10-3-7-12(8-4-10)9-1-5-11-6-2-9/h1-2,5,11H,3-4,6-8H2. The van der Waals surface area contributed by atoms with Gasteiger partial charge in [0.25, 0.3) is 0 Å². The molecule has 0 bridgehead atoms. The van der Waals surface area contributed by atoms with E-state index in [2.05, 4.69) is 22.4 Å².